The zero-order valence-electron chi connectivity index (χ0n) is 11.3. The Bertz CT molecular complexity index is 797. The molecule has 0 spiro atoms. The Labute approximate surface area is 120 Å². The van der Waals surface area contributed by atoms with Crippen molar-refractivity contribution in [3.05, 3.63) is 48.4 Å². The number of nitrogens with zero attached hydrogens (tertiary/aromatic N) is 1. The Morgan fingerprint density at radius 1 is 1.29 bits per heavy atom. The lowest BCUT2D eigenvalue weighted by molar-refractivity contribution is 0.0692. The molecule has 0 aliphatic heterocycles. The first kappa shape index (κ1) is 13.0. The highest BCUT2D eigenvalue weighted by molar-refractivity contribution is 6.07. The second-order valence-electron chi connectivity index (χ2n) is 4.45. The third kappa shape index (κ3) is 2.38. The molecule has 0 bridgehead atoms. The smallest absolute Gasteiger partial charge is 0.354 e. The molecule has 0 aliphatic carbocycles. The average molecular weight is 283 g/mol. The predicted molar refractivity (Wildman–Crippen MR) is 79.3 cm³/mol. The van der Waals surface area contributed by atoms with Crippen LogP contribution < -0.4 is 10.1 Å². The number of carboxylic acid groups (broad SMARTS) is 1. The standard InChI is InChI=1S/C15H13N3O3/c1-21-10-2-3-12-11(8-10)13(14(18-12)15(19)20)17-9-4-6-16-7-5-9/h2-8,18H,1H3,(H,16,17)(H,19,20). The molecular formula is C15H13N3O3. The Morgan fingerprint density at radius 2 is 2.05 bits per heavy atom. The number of fused-ring (bicyclic) bond motifs is 1. The van der Waals surface area contributed by atoms with Crippen LogP contribution >= 0.6 is 0 Å². The number of nitrogens with one attached hydrogen (secondary N) is 2. The highest BCUT2D eigenvalue weighted by atomic mass is 16.5. The van der Waals surface area contributed by atoms with Crippen molar-refractivity contribution in [3.8, 4) is 5.75 Å². The van der Waals surface area contributed by atoms with Gasteiger partial charge >= 0.3 is 5.97 Å². The van der Waals surface area contributed by atoms with Crippen LogP contribution in [0.2, 0.25) is 0 Å². The molecule has 3 N–H and O–H groups in total. The molecule has 3 rings (SSSR count). The van der Waals surface area contributed by atoms with Crippen molar-refractivity contribution in [1.82, 2.24) is 9.97 Å². The number of ether oxygens (including phenoxy) is 1. The number of rotatable bonds is 4. The van der Waals surface area contributed by atoms with Crippen molar-refractivity contribution in [2.24, 2.45) is 0 Å². The van der Waals surface area contributed by atoms with Gasteiger partial charge in [-0.15, -0.1) is 0 Å². The number of hydrogen-bond donors (Lipinski definition) is 3. The van der Waals surface area contributed by atoms with E-state index in [0.717, 1.165) is 16.6 Å². The highest BCUT2D eigenvalue weighted by Crippen LogP contribution is 2.32. The molecule has 3 aromatic rings. The quantitative estimate of drug-likeness (QED) is 0.685. The van der Waals surface area contributed by atoms with Crippen LogP contribution in [0.5, 0.6) is 5.75 Å². The molecular weight excluding hydrogens is 270 g/mol. The highest BCUT2D eigenvalue weighted by Gasteiger charge is 2.17. The maximum atomic E-state index is 11.4. The van der Waals surface area contributed by atoms with Gasteiger partial charge in [0.2, 0.25) is 0 Å². The van der Waals surface area contributed by atoms with Gasteiger partial charge < -0.3 is 20.1 Å². The van der Waals surface area contributed by atoms with Gasteiger partial charge in [-0.1, -0.05) is 0 Å². The first-order valence-corrected chi connectivity index (χ1v) is 6.29. The minimum absolute atomic E-state index is 0.107. The van der Waals surface area contributed by atoms with Gasteiger partial charge in [0.05, 0.1) is 12.8 Å². The van der Waals surface area contributed by atoms with E-state index >= 15 is 0 Å². The van der Waals surface area contributed by atoms with E-state index in [0.29, 0.717) is 11.4 Å². The van der Waals surface area contributed by atoms with Crippen LogP contribution in [0, 0.1) is 0 Å². The van der Waals surface area contributed by atoms with Gasteiger partial charge in [0.25, 0.3) is 0 Å². The normalized spacial score (nSPS) is 10.5. The van der Waals surface area contributed by atoms with E-state index in [2.05, 4.69) is 15.3 Å². The first-order valence-electron chi connectivity index (χ1n) is 6.29. The zero-order chi connectivity index (χ0) is 14.8. The number of anilines is 2. The molecule has 2 heterocycles. The SMILES string of the molecule is COc1ccc2[nH]c(C(=O)O)c(Nc3ccncc3)c2c1. The van der Waals surface area contributed by atoms with Crippen molar-refractivity contribution in [1.29, 1.82) is 0 Å². The lowest BCUT2D eigenvalue weighted by Gasteiger charge is -2.06. The molecule has 0 unspecified atom stereocenters. The second-order valence-corrected chi connectivity index (χ2v) is 4.45. The van der Waals surface area contributed by atoms with E-state index in [1.54, 1.807) is 49.8 Å². The first-order chi connectivity index (χ1) is 10.2. The lowest BCUT2D eigenvalue weighted by Crippen LogP contribution is -2.01. The summed E-state index contributed by atoms with van der Waals surface area (Å²) in [4.78, 5) is 18.3. The summed E-state index contributed by atoms with van der Waals surface area (Å²) in [5, 5.41) is 13.2. The van der Waals surface area contributed by atoms with Crippen LogP contribution in [0.4, 0.5) is 11.4 Å². The predicted octanol–water partition coefficient (Wildman–Crippen LogP) is 3.01. The fraction of sp³-hybridized carbons (Fsp3) is 0.0667. The third-order valence-corrected chi connectivity index (χ3v) is 3.17. The molecule has 106 valence electrons. The van der Waals surface area contributed by atoms with Gasteiger partial charge in [-0.3, -0.25) is 4.98 Å². The van der Waals surface area contributed by atoms with Crippen LogP contribution in [0.25, 0.3) is 10.9 Å². The zero-order valence-corrected chi connectivity index (χ0v) is 11.3. The van der Waals surface area contributed by atoms with Crippen LogP contribution in [0.15, 0.2) is 42.7 Å². The second kappa shape index (κ2) is 5.16. The summed E-state index contributed by atoms with van der Waals surface area (Å²) in [6.07, 6.45) is 3.27. The molecule has 1 aromatic carbocycles. The molecule has 0 saturated heterocycles. The van der Waals surface area contributed by atoms with E-state index in [-0.39, 0.29) is 5.69 Å². The minimum atomic E-state index is -1.03. The van der Waals surface area contributed by atoms with Gasteiger partial charge in [-0.2, -0.15) is 0 Å². The molecule has 0 amide bonds. The van der Waals surface area contributed by atoms with Crippen molar-refractivity contribution < 1.29 is 14.6 Å². The van der Waals surface area contributed by atoms with Crippen LogP contribution in [0.1, 0.15) is 10.5 Å². The van der Waals surface area contributed by atoms with Gasteiger partial charge in [0.15, 0.2) is 0 Å². The topological polar surface area (TPSA) is 87.2 Å². The molecule has 0 radical (unpaired) electrons. The number of aromatic carboxylic acids is 1. The number of pyridine rings is 1. The van der Waals surface area contributed by atoms with Crippen LogP contribution in [-0.4, -0.2) is 28.2 Å². The number of methoxy groups -OCH3 is 1. The van der Waals surface area contributed by atoms with Gasteiger partial charge in [0, 0.05) is 29.0 Å². The summed E-state index contributed by atoms with van der Waals surface area (Å²) in [5.41, 5.74) is 2.10. The van der Waals surface area contributed by atoms with E-state index in [1.165, 1.54) is 0 Å². The summed E-state index contributed by atoms with van der Waals surface area (Å²) in [5.74, 6) is -0.363. The summed E-state index contributed by atoms with van der Waals surface area (Å²) in [6.45, 7) is 0. The number of H-pyrrole nitrogens is 1. The third-order valence-electron chi connectivity index (χ3n) is 3.17. The summed E-state index contributed by atoms with van der Waals surface area (Å²) < 4.78 is 5.20. The van der Waals surface area contributed by atoms with Crippen LogP contribution in [-0.2, 0) is 0 Å². The number of carbonyl (C=O) groups is 1. The molecule has 6 heteroatoms. The van der Waals surface area contributed by atoms with Gasteiger partial charge in [0.1, 0.15) is 11.4 Å². The van der Waals surface area contributed by atoms with E-state index in [9.17, 15) is 9.90 Å². The molecule has 0 saturated carbocycles. The van der Waals surface area contributed by atoms with Gasteiger partial charge in [-0.05, 0) is 30.3 Å². The van der Waals surface area contributed by atoms with Crippen molar-refractivity contribution in [2.45, 2.75) is 0 Å². The molecule has 0 atom stereocenters. The van der Waals surface area contributed by atoms with Crippen molar-refractivity contribution in [2.75, 3.05) is 12.4 Å². The lowest BCUT2D eigenvalue weighted by atomic mass is 10.2. The number of hydrogen-bond acceptors (Lipinski definition) is 4. The molecule has 0 fully saturated rings. The Balaban J connectivity index is 2.17. The Kier molecular flexibility index (Phi) is 3.19. The molecule has 6 nitrogen and oxygen atoms in total. The fourth-order valence-corrected chi connectivity index (χ4v) is 2.17. The number of carboxylic acids is 1. The molecule has 2 aromatic heterocycles. The van der Waals surface area contributed by atoms with E-state index in [1.807, 2.05) is 0 Å². The maximum Gasteiger partial charge on any atom is 0.354 e. The van der Waals surface area contributed by atoms with E-state index < -0.39 is 5.97 Å². The van der Waals surface area contributed by atoms with E-state index in [4.69, 9.17) is 4.74 Å². The Morgan fingerprint density at radius 3 is 2.71 bits per heavy atom. The monoisotopic (exact) mass is 283 g/mol. The number of benzene rings is 1. The average Bonchev–Trinajstić information content (AvgIpc) is 2.86. The minimum Gasteiger partial charge on any atom is -0.497 e. The molecule has 0 aliphatic rings. The molecule has 21 heavy (non-hydrogen) atoms. The summed E-state index contributed by atoms with van der Waals surface area (Å²) in [6, 6.07) is 8.90. The number of aromatic nitrogens is 2. The maximum absolute atomic E-state index is 11.4. The number of aromatic amines is 1. The largest absolute Gasteiger partial charge is 0.497 e. The summed E-state index contributed by atoms with van der Waals surface area (Å²) in [7, 11) is 1.57. The van der Waals surface area contributed by atoms with Crippen molar-refractivity contribution >= 4 is 28.2 Å². The summed E-state index contributed by atoms with van der Waals surface area (Å²) >= 11 is 0. The Hall–Kier alpha value is -3.02. The van der Waals surface area contributed by atoms with Gasteiger partial charge in [-0.25, -0.2) is 4.79 Å². The van der Waals surface area contributed by atoms with Crippen molar-refractivity contribution in [3.63, 3.8) is 0 Å². The van der Waals surface area contributed by atoms with Crippen LogP contribution in [0.3, 0.4) is 0 Å². The fourth-order valence-electron chi connectivity index (χ4n) is 2.17.